The lowest BCUT2D eigenvalue weighted by atomic mass is 10.0. The second-order valence-electron chi connectivity index (χ2n) is 6.99. The van der Waals surface area contributed by atoms with Crippen LogP contribution in [0.4, 0.5) is 5.69 Å². The number of sulfonamides is 1. The molecule has 0 unspecified atom stereocenters. The molecule has 1 heterocycles. The first-order valence-corrected chi connectivity index (χ1v) is 11.5. The predicted octanol–water partition coefficient (Wildman–Crippen LogP) is 3.09. The van der Waals surface area contributed by atoms with Gasteiger partial charge < -0.3 is 14.8 Å². The number of para-hydroxylation sites is 1. The van der Waals surface area contributed by atoms with Crippen molar-refractivity contribution in [2.24, 2.45) is 0 Å². The summed E-state index contributed by atoms with van der Waals surface area (Å²) in [6.07, 6.45) is 1.56. The third kappa shape index (κ3) is 4.50. The molecule has 1 aliphatic heterocycles. The molecule has 1 saturated heterocycles. The fraction of sp³-hybridized carbons (Fsp3) is 0.409. The van der Waals surface area contributed by atoms with Crippen molar-refractivity contribution in [3.05, 3.63) is 53.1 Å². The zero-order valence-corrected chi connectivity index (χ0v) is 18.4. The summed E-state index contributed by atoms with van der Waals surface area (Å²) in [4.78, 5) is 13.0. The molecule has 0 bridgehead atoms. The van der Waals surface area contributed by atoms with E-state index in [0.29, 0.717) is 13.2 Å². The van der Waals surface area contributed by atoms with Gasteiger partial charge in [0.15, 0.2) is 0 Å². The number of aryl methyl sites for hydroxylation is 2. The number of hydrogen-bond acceptors (Lipinski definition) is 5. The van der Waals surface area contributed by atoms with Gasteiger partial charge >= 0.3 is 0 Å². The van der Waals surface area contributed by atoms with Gasteiger partial charge in [-0.1, -0.05) is 32.0 Å². The fourth-order valence-corrected chi connectivity index (χ4v) is 5.12. The van der Waals surface area contributed by atoms with Crippen molar-refractivity contribution >= 4 is 21.6 Å². The molecule has 3 rings (SSSR count). The Hall–Kier alpha value is -2.42. The first kappa shape index (κ1) is 22.3. The van der Waals surface area contributed by atoms with Gasteiger partial charge in [0, 0.05) is 24.3 Å². The van der Waals surface area contributed by atoms with Crippen LogP contribution in [0.15, 0.2) is 41.3 Å². The molecule has 0 atom stereocenters. The predicted molar refractivity (Wildman–Crippen MR) is 116 cm³/mol. The summed E-state index contributed by atoms with van der Waals surface area (Å²) in [7, 11) is -2.40. The number of amides is 1. The number of benzene rings is 2. The van der Waals surface area contributed by atoms with Gasteiger partial charge in [-0.3, -0.25) is 4.79 Å². The van der Waals surface area contributed by atoms with Crippen molar-refractivity contribution in [1.82, 2.24) is 4.31 Å². The number of nitrogens with zero attached hydrogens (tertiary/aromatic N) is 1. The van der Waals surface area contributed by atoms with Gasteiger partial charge in [-0.2, -0.15) is 4.31 Å². The van der Waals surface area contributed by atoms with E-state index in [4.69, 9.17) is 9.47 Å². The molecule has 1 aliphatic rings. The van der Waals surface area contributed by atoms with E-state index in [2.05, 4.69) is 5.32 Å². The van der Waals surface area contributed by atoms with E-state index in [-0.39, 0.29) is 35.2 Å². The van der Waals surface area contributed by atoms with Crippen molar-refractivity contribution in [3.63, 3.8) is 0 Å². The van der Waals surface area contributed by atoms with E-state index >= 15 is 0 Å². The number of nitrogens with one attached hydrogen (secondary N) is 1. The Labute approximate surface area is 178 Å². The van der Waals surface area contributed by atoms with Crippen molar-refractivity contribution in [2.75, 3.05) is 38.7 Å². The molecular formula is C22H28N2O5S. The summed E-state index contributed by atoms with van der Waals surface area (Å²) in [5.41, 5.74) is 3.13. The second-order valence-corrected chi connectivity index (χ2v) is 8.90. The average Bonchev–Trinajstić information content (AvgIpc) is 2.79. The van der Waals surface area contributed by atoms with Crippen LogP contribution in [-0.4, -0.2) is 52.0 Å². The quantitative estimate of drug-likeness (QED) is 0.727. The lowest BCUT2D eigenvalue weighted by Gasteiger charge is -2.26. The topological polar surface area (TPSA) is 84.9 Å². The van der Waals surface area contributed by atoms with Crippen LogP contribution in [0.1, 0.15) is 35.3 Å². The van der Waals surface area contributed by atoms with E-state index in [1.54, 1.807) is 6.07 Å². The molecule has 0 spiro atoms. The van der Waals surface area contributed by atoms with E-state index < -0.39 is 10.0 Å². The van der Waals surface area contributed by atoms with Crippen LogP contribution >= 0.6 is 0 Å². The van der Waals surface area contributed by atoms with Gasteiger partial charge in [-0.05, 0) is 42.2 Å². The maximum absolute atomic E-state index is 13.2. The largest absolute Gasteiger partial charge is 0.495 e. The molecule has 1 fully saturated rings. The van der Waals surface area contributed by atoms with Crippen LogP contribution in [0.3, 0.4) is 0 Å². The highest BCUT2D eigenvalue weighted by Crippen LogP contribution is 2.29. The first-order valence-electron chi connectivity index (χ1n) is 10.1. The normalized spacial score (nSPS) is 15.0. The fourth-order valence-electron chi connectivity index (χ4n) is 3.53. The maximum Gasteiger partial charge on any atom is 0.255 e. The van der Waals surface area contributed by atoms with Gasteiger partial charge in [-0.15, -0.1) is 0 Å². The minimum absolute atomic E-state index is 0.0148. The standard InChI is InChI=1S/C22H28N2O5S/c1-4-16-7-6-8-17(5-2)21(16)23-22(25)18-9-10-19(28-3)20(15-18)30(26,27)24-11-13-29-14-12-24/h6-10,15H,4-5,11-14H2,1-3H3,(H,23,25). The van der Waals surface area contributed by atoms with Crippen LogP contribution in [0.25, 0.3) is 0 Å². The number of anilines is 1. The Morgan fingerprint density at radius 3 is 2.30 bits per heavy atom. The highest BCUT2D eigenvalue weighted by atomic mass is 32.2. The molecule has 0 aliphatic carbocycles. The smallest absolute Gasteiger partial charge is 0.255 e. The number of hydrogen-bond donors (Lipinski definition) is 1. The lowest BCUT2D eigenvalue weighted by molar-refractivity contribution is 0.0729. The van der Waals surface area contributed by atoms with E-state index in [1.165, 1.54) is 23.5 Å². The van der Waals surface area contributed by atoms with Gasteiger partial charge in [0.1, 0.15) is 10.6 Å². The van der Waals surface area contributed by atoms with Crippen LogP contribution in [-0.2, 0) is 27.6 Å². The first-order chi connectivity index (χ1) is 14.4. The second kappa shape index (κ2) is 9.59. The molecule has 7 nitrogen and oxygen atoms in total. The van der Waals surface area contributed by atoms with Crippen molar-refractivity contribution < 1.29 is 22.7 Å². The Bertz CT molecular complexity index is 992. The van der Waals surface area contributed by atoms with Crippen LogP contribution < -0.4 is 10.1 Å². The van der Waals surface area contributed by atoms with E-state index in [0.717, 1.165) is 29.7 Å². The number of rotatable bonds is 7. The van der Waals surface area contributed by atoms with Crippen molar-refractivity contribution in [3.8, 4) is 5.75 Å². The average molecular weight is 433 g/mol. The molecule has 30 heavy (non-hydrogen) atoms. The molecule has 2 aromatic rings. The molecule has 8 heteroatoms. The summed E-state index contributed by atoms with van der Waals surface area (Å²) in [5, 5.41) is 2.98. The molecule has 0 aromatic heterocycles. The Kier molecular flexibility index (Phi) is 7.12. The van der Waals surface area contributed by atoms with E-state index in [9.17, 15) is 13.2 Å². The molecule has 1 amide bonds. The van der Waals surface area contributed by atoms with Gasteiger partial charge in [-0.25, -0.2) is 8.42 Å². The lowest BCUT2D eigenvalue weighted by Crippen LogP contribution is -2.40. The minimum atomic E-state index is -3.81. The number of carbonyl (C=O) groups is 1. The number of carbonyl (C=O) groups excluding carboxylic acids is 1. The summed E-state index contributed by atoms with van der Waals surface area (Å²) in [6.45, 7) is 5.29. The summed E-state index contributed by atoms with van der Waals surface area (Å²) >= 11 is 0. The van der Waals surface area contributed by atoms with Gasteiger partial charge in [0.25, 0.3) is 5.91 Å². The highest BCUT2D eigenvalue weighted by molar-refractivity contribution is 7.89. The van der Waals surface area contributed by atoms with Crippen LogP contribution in [0.5, 0.6) is 5.75 Å². The molecule has 2 aromatic carbocycles. The Morgan fingerprint density at radius 2 is 1.73 bits per heavy atom. The molecule has 0 radical (unpaired) electrons. The highest BCUT2D eigenvalue weighted by Gasteiger charge is 2.30. The van der Waals surface area contributed by atoms with Crippen molar-refractivity contribution in [2.45, 2.75) is 31.6 Å². The Balaban J connectivity index is 1.96. The number of ether oxygens (including phenoxy) is 2. The Morgan fingerprint density at radius 1 is 1.10 bits per heavy atom. The van der Waals surface area contributed by atoms with Gasteiger partial charge in [0.2, 0.25) is 10.0 Å². The van der Waals surface area contributed by atoms with Crippen LogP contribution in [0, 0.1) is 0 Å². The molecule has 1 N–H and O–H groups in total. The zero-order valence-electron chi connectivity index (χ0n) is 17.6. The third-order valence-corrected chi connectivity index (χ3v) is 7.17. The summed E-state index contributed by atoms with van der Waals surface area (Å²) < 4.78 is 38.2. The molecule has 162 valence electrons. The number of morpholine rings is 1. The SMILES string of the molecule is CCc1cccc(CC)c1NC(=O)c1ccc(OC)c(S(=O)(=O)N2CCOCC2)c1. The summed E-state index contributed by atoms with van der Waals surface area (Å²) in [5.74, 6) is -0.145. The monoisotopic (exact) mass is 432 g/mol. The third-order valence-electron chi connectivity index (χ3n) is 5.25. The zero-order chi connectivity index (χ0) is 21.7. The molecular weight excluding hydrogens is 404 g/mol. The molecule has 0 saturated carbocycles. The van der Waals surface area contributed by atoms with E-state index in [1.807, 2.05) is 32.0 Å². The van der Waals surface area contributed by atoms with Gasteiger partial charge in [0.05, 0.1) is 20.3 Å². The van der Waals surface area contributed by atoms with Crippen molar-refractivity contribution in [1.29, 1.82) is 0 Å². The minimum Gasteiger partial charge on any atom is -0.495 e. The maximum atomic E-state index is 13.2. The number of methoxy groups -OCH3 is 1. The summed E-state index contributed by atoms with van der Waals surface area (Å²) in [6, 6.07) is 10.4. The van der Waals surface area contributed by atoms with Crippen LogP contribution in [0.2, 0.25) is 0 Å².